The van der Waals surface area contributed by atoms with Crippen molar-refractivity contribution in [3.05, 3.63) is 66.0 Å². The van der Waals surface area contributed by atoms with Crippen molar-refractivity contribution in [3.8, 4) is 5.75 Å². The summed E-state index contributed by atoms with van der Waals surface area (Å²) in [4.78, 5) is 27.6. The van der Waals surface area contributed by atoms with E-state index in [1.807, 2.05) is 51.1 Å². The van der Waals surface area contributed by atoms with Crippen LogP contribution in [0.4, 0.5) is 4.39 Å². The van der Waals surface area contributed by atoms with E-state index in [9.17, 15) is 14.0 Å². The first kappa shape index (κ1) is 24.4. The van der Waals surface area contributed by atoms with E-state index in [0.717, 1.165) is 17.7 Å². The van der Waals surface area contributed by atoms with Gasteiger partial charge in [0, 0.05) is 19.0 Å². The number of nitrogens with zero attached hydrogens (tertiary/aromatic N) is 1. The molecular weight excluding hydrogens is 395 g/mol. The molecule has 2 atom stereocenters. The molecule has 168 valence electrons. The van der Waals surface area contributed by atoms with E-state index in [1.54, 1.807) is 17.0 Å². The lowest BCUT2D eigenvalue weighted by molar-refractivity contribution is -0.141. The fourth-order valence-electron chi connectivity index (χ4n) is 3.22. The van der Waals surface area contributed by atoms with Gasteiger partial charge in [-0.05, 0) is 56.0 Å². The maximum atomic E-state index is 13.3. The van der Waals surface area contributed by atoms with Crippen LogP contribution in [-0.2, 0) is 16.1 Å². The van der Waals surface area contributed by atoms with E-state index < -0.39 is 6.04 Å². The highest BCUT2D eigenvalue weighted by Gasteiger charge is 2.28. The van der Waals surface area contributed by atoms with Crippen LogP contribution in [0.3, 0.4) is 0 Å². The van der Waals surface area contributed by atoms with Gasteiger partial charge >= 0.3 is 0 Å². The first-order chi connectivity index (χ1) is 14.9. The first-order valence-electron chi connectivity index (χ1n) is 11.0. The topological polar surface area (TPSA) is 58.6 Å². The molecule has 1 N–H and O–H groups in total. The molecule has 0 aliphatic rings. The van der Waals surface area contributed by atoms with E-state index in [1.165, 1.54) is 12.1 Å². The van der Waals surface area contributed by atoms with Crippen molar-refractivity contribution >= 4 is 11.8 Å². The summed E-state index contributed by atoms with van der Waals surface area (Å²) in [5, 5.41) is 2.98. The second kappa shape index (κ2) is 12.7. The highest BCUT2D eigenvalue weighted by Crippen LogP contribution is 2.16. The van der Waals surface area contributed by atoms with Crippen LogP contribution in [0.1, 0.15) is 52.0 Å². The van der Waals surface area contributed by atoms with Gasteiger partial charge in [-0.2, -0.15) is 0 Å². The Labute approximate surface area is 184 Å². The zero-order valence-electron chi connectivity index (χ0n) is 18.6. The van der Waals surface area contributed by atoms with E-state index in [2.05, 4.69) is 5.32 Å². The molecule has 0 unspecified atom stereocenters. The molecule has 6 heteroatoms. The number of carbonyl (C=O) groups excluding carboxylic acids is 2. The third-order valence-electron chi connectivity index (χ3n) is 5.20. The zero-order chi connectivity index (χ0) is 22.6. The molecule has 5 nitrogen and oxygen atoms in total. The van der Waals surface area contributed by atoms with Crippen molar-refractivity contribution < 1.29 is 18.7 Å². The summed E-state index contributed by atoms with van der Waals surface area (Å²) in [5.41, 5.74) is 0.782. The SMILES string of the molecule is CC[C@H](C(=O)N[C@@H](C)CC)N(Cc1ccc(F)cc1)C(=O)CCCOc1ccccc1. The molecule has 0 aromatic heterocycles. The maximum absolute atomic E-state index is 13.3. The highest BCUT2D eigenvalue weighted by atomic mass is 19.1. The second-order valence-corrected chi connectivity index (χ2v) is 7.66. The van der Waals surface area contributed by atoms with Gasteiger partial charge in [0.25, 0.3) is 0 Å². The van der Waals surface area contributed by atoms with Crippen LogP contribution in [-0.4, -0.2) is 35.4 Å². The molecule has 2 aromatic carbocycles. The molecule has 0 saturated heterocycles. The van der Waals surface area contributed by atoms with Gasteiger partial charge in [0.15, 0.2) is 0 Å². The summed E-state index contributed by atoms with van der Waals surface area (Å²) < 4.78 is 19.0. The third-order valence-corrected chi connectivity index (χ3v) is 5.20. The number of ether oxygens (including phenoxy) is 1. The van der Waals surface area contributed by atoms with Gasteiger partial charge in [-0.1, -0.05) is 44.2 Å². The minimum atomic E-state index is -0.582. The Morgan fingerprint density at radius 3 is 2.32 bits per heavy atom. The van der Waals surface area contributed by atoms with Gasteiger partial charge in [0.05, 0.1) is 6.61 Å². The first-order valence-corrected chi connectivity index (χ1v) is 11.0. The molecule has 0 radical (unpaired) electrons. The molecule has 0 heterocycles. The molecular formula is C25H33FN2O3. The second-order valence-electron chi connectivity index (χ2n) is 7.66. The minimum Gasteiger partial charge on any atom is -0.494 e. The van der Waals surface area contributed by atoms with Gasteiger partial charge in [-0.25, -0.2) is 4.39 Å². The van der Waals surface area contributed by atoms with Crippen LogP contribution in [0.2, 0.25) is 0 Å². The number of hydrogen-bond acceptors (Lipinski definition) is 3. The molecule has 31 heavy (non-hydrogen) atoms. The fraction of sp³-hybridized carbons (Fsp3) is 0.440. The predicted octanol–water partition coefficient (Wildman–Crippen LogP) is 4.71. The lowest BCUT2D eigenvalue weighted by Crippen LogP contribution is -2.50. The van der Waals surface area contributed by atoms with Crippen molar-refractivity contribution in [1.29, 1.82) is 0 Å². The summed E-state index contributed by atoms with van der Waals surface area (Å²) >= 11 is 0. The normalized spacial score (nSPS) is 12.6. The molecule has 0 spiro atoms. The Morgan fingerprint density at radius 2 is 1.71 bits per heavy atom. The monoisotopic (exact) mass is 428 g/mol. The molecule has 2 rings (SSSR count). The number of carbonyl (C=O) groups is 2. The van der Waals surface area contributed by atoms with Crippen molar-refractivity contribution in [2.24, 2.45) is 0 Å². The highest BCUT2D eigenvalue weighted by molar-refractivity contribution is 5.87. The number of rotatable bonds is 12. The Bertz CT molecular complexity index is 811. The molecule has 0 bridgehead atoms. The Balaban J connectivity index is 2.06. The van der Waals surface area contributed by atoms with Gasteiger partial charge in [0.1, 0.15) is 17.6 Å². The Morgan fingerprint density at radius 1 is 1.03 bits per heavy atom. The van der Waals surface area contributed by atoms with Crippen molar-refractivity contribution in [2.45, 2.75) is 65.1 Å². The Kier molecular flexibility index (Phi) is 10.0. The summed E-state index contributed by atoms with van der Waals surface area (Å²) in [5.74, 6) is 0.152. The molecule has 2 amide bonds. The average molecular weight is 429 g/mol. The van der Waals surface area contributed by atoms with Gasteiger partial charge in [-0.3, -0.25) is 9.59 Å². The molecule has 0 saturated carbocycles. The average Bonchev–Trinajstić information content (AvgIpc) is 2.78. The fourth-order valence-corrected chi connectivity index (χ4v) is 3.22. The van der Waals surface area contributed by atoms with Crippen molar-refractivity contribution in [2.75, 3.05) is 6.61 Å². The van der Waals surface area contributed by atoms with Crippen LogP contribution in [0, 0.1) is 5.82 Å². The lowest BCUT2D eigenvalue weighted by Gasteiger charge is -2.31. The summed E-state index contributed by atoms with van der Waals surface area (Å²) in [7, 11) is 0. The maximum Gasteiger partial charge on any atom is 0.243 e. The summed E-state index contributed by atoms with van der Waals surface area (Å²) in [6, 6.07) is 14.9. The van der Waals surface area contributed by atoms with Crippen LogP contribution in [0.25, 0.3) is 0 Å². The smallest absolute Gasteiger partial charge is 0.243 e. The predicted molar refractivity (Wildman–Crippen MR) is 120 cm³/mol. The number of hydrogen-bond donors (Lipinski definition) is 1. The molecule has 2 aromatic rings. The van der Waals surface area contributed by atoms with Crippen LogP contribution in [0.5, 0.6) is 5.75 Å². The van der Waals surface area contributed by atoms with Crippen LogP contribution >= 0.6 is 0 Å². The quantitative estimate of drug-likeness (QED) is 0.498. The van der Waals surface area contributed by atoms with E-state index in [4.69, 9.17) is 4.74 Å². The number of amides is 2. The van der Waals surface area contributed by atoms with Crippen LogP contribution in [0.15, 0.2) is 54.6 Å². The molecule has 0 fully saturated rings. The van der Waals surface area contributed by atoms with E-state index in [0.29, 0.717) is 19.4 Å². The number of para-hydroxylation sites is 1. The third kappa shape index (κ3) is 8.04. The number of benzene rings is 2. The van der Waals surface area contributed by atoms with Gasteiger partial charge in [0.2, 0.25) is 11.8 Å². The van der Waals surface area contributed by atoms with E-state index >= 15 is 0 Å². The van der Waals surface area contributed by atoms with Gasteiger partial charge < -0.3 is 15.0 Å². The largest absolute Gasteiger partial charge is 0.494 e. The summed E-state index contributed by atoms with van der Waals surface area (Å²) in [6.45, 7) is 6.50. The lowest BCUT2D eigenvalue weighted by atomic mass is 10.1. The molecule has 0 aliphatic heterocycles. The number of nitrogens with one attached hydrogen (secondary N) is 1. The zero-order valence-corrected chi connectivity index (χ0v) is 18.6. The standard InChI is InChI=1S/C25H33FN2O3/c1-4-19(3)27-25(30)23(5-2)28(18-20-13-15-21(26)16-14-20)24(29)12-9-17-31-22-10-7-6-8-11-22/h6-8,10-11,13-16,19,23H,4-5,9,12,17-18H2,1-3H3,(H,27,30)/t19-,23+/m0/s1. The number of halogens is 1. The summed E-state index contributed by atoms with van der Waals surface area (Å²) in [6.07, 6.45) is 2.11. The van der Waals surface area contributed by atoms with E-state index in [-0.39, 0.29) is 36.6 Å². The van der Waals surface area contributed by atoms with Crippen LogP contribution < -0.4 is 10.1 Å². The molecule has 0 aliphatic carbocycles. The van der Waals surface area contributed by atoms with Crippen molar-refractivity contribution in [1.82, 2.24) is 10.2 Å². The van der Waals surface area contributed by atoms with Gasteiger partial charge in [-0.15, -0.1) is 0 Å². The van der Waals surface area contributed by atoms with Crippen molar-refractivity contribution in [3.63, 3.8) is 0 Å². The minimum absolute atomic E-state index is 0.0311. The Hall–Kier alpha value is -2.89.